The van der Waals surface area contributed by atoms with Crippen molar-refractivity contribution in [2.75, 3.05) is 19.6 Å². The van der Waals surface area contributed by atoms with Crippen molar-refractivity contribution in [1.29, 1.82) is 0 Å². The standard InChI is InChI=1S/C12H19N5O3/c1-12(2,3)11-14-8(15-16-11)9(18)17-5-4-13-6-7(17)10(19)20/h7,13H,4-6H2,1-3H3,(H,19,20)(H,14,15,16). The molecular formula is C12H19N5O3. The molecule has 0 aliphatic carbocycles. The van der Waals surface area contributed by atoms with Crippen LogP contribution in [-0.2, 0) is 10.2 Å². The molecular weight excluding hydrogens is 262 g/mol. The van der Waals surface area contributed by atoms with Crippen LogP contribution in [0.2, 0.25) is 0 Å². The summed E-state index contributed by atoms with van der Waals surface area (Å²) in [5.41, 5.74) is -0.249. The Bertz CT molecular complexity index is 519. The van der Waals surface area contributed by atoms with Crippen LogP contribution >= 0.6 is 0 Å². The van der Waals surface area contributed by atoms with Gasteiger partial charge in [0.15, 0.2) is 0 Å². The molecule has 20 heavy (non-hydrogen) atoms. The molecule has 1 aliphatic heterocycles. The molecule has 0 saturated carbocycles. The molecule has 1 saturated heterocycles. The number of carboxylic acids is 1. The SMILES string of the molecule is CC(C)(C)c1nc(C(=O)N2CCNCC2C(=O)O)n[nH]1. The second kappa shape index (κ2) is 5.20. The summed E-state index contributed by atoms with van der Waals surface area (Å²) in [7, 11) is 0. The summed E-state index contributed by atoms with van der Waals surface area (Å²) >= 11 is 0. The fourth-order valence-corrected chi connectivity index (χ4v) is 1.99. The third kappa shape index (κ3) is 2.79. The van der Waals surface area contributed by atoms with Crippen LogP contribution in [-0.4, -0.2) is 62.7 Å². The van der Waals surface area contributed by atoms with Crippen molar-refractivity contribution < 1.29 is 14.7 Å². The Balaban J connectivity index is 2.21. The fourth-order valence-electron chi connectivity index (χ4n) is 1.99. The van der Waals surface area contributed by atoms with Crippen LogP contribution in [0.1, 0.15) is 37.2 Å². The van der Waals surface area contributed by atoms with Crippen molar-refractivity contribution in [2.45, 2.75) is 32.2 Å². The number of aromatic nitrogens is 3. The topological polar surface area (TPSA) is 111 Å². The lowest BCUT2D eigenvalue weighted by Gasteiger charge is -2.32. The van der Waals surface area contributed by atoms with Crippen molar-refractivity contribution in [3.8, 4) is 0 Å². The van der Waals surface area contributed by atoms with Crippen LogP contribution in [0.15, 0.2) is 0 Å². The van der Waals surface area contributed by atoms with Gasteiger partial charge < -0.3 is 15.3 Å². The number of hydrogen-bond acceptors (Lipinski definition) is 5. The van der Waals surface area contributed by atoms with E-state index in [2.05, 4.69) is 20.5 Å². The lowest BCUT2D eigenvalue weighted by atomic mass is 9.96. The summed E-state index contributed by atoms with van der Waals surface area (Å²) in [5, 5.41) is 18.8. The highest BCUT2D eigenvalue weighted by molar-refractivity contribution is 5.93. The zero-order valence-corrected chi connectivity index (χ0v) is 11.8. The van der Waals surface area contributed by atoms with Gasteiger partial charge in [-0.1, -0.05) is 20.8 Å². The Labute approximate surface area is 116 Å². The molecule has 1 aromatic heterocycles. The number of carbonyl (C=O) groups excluding carboxylic acids is 1. The molecule has 1 unspecified atom stereocenters. The minimum Gasteiger partial charge on any atom is -0.480 e. The number of hydrogen-bond donors (Lipinski definition) is 3. The lowest BCUT2D eigenvalue weighted by Crippen LogP contribution is -2.57. The second-order valence-corrected chi connectivity index (χ2v) is 5.81. The molecule has 1 amide bonds. The van der Waals surface area contributed by atoms with Crippen LogP contribution in [0.3, 0.4) is 0 Å². The van der Waals surface area contributed by atoms with Crippen LogP contribution in [0.25, 0.3) is 0 Å². The Morgan fingerprint density at radius 2 is 2.10 bits per heavy atom. The molecule has 1 fully saturated rings. The minimum atomic E-state index is -1.03. The van der Waals surface area contributed by atoms with Crippen molar-refractivity contribution in [3.63, 3.8) is 0 Å². The van der Waals surface area contributed by atoms with Gasteiger partial charge in [0.05, 0.1) is 0 Å². The lowest BCUT2D eigenvalue weighted by molar-refractivity contribution is -0.142. The largest absolute Gasteiger partial charge is 0.480 e. The van der Waals surface area contributed by atoms with E-state index in [-0.39, 0.29) is 17.8 Å². The van der Waals surface area contributed by atoms with Crippen molar-refractivity contribution in [1.82, 2.24) is 25.4 Å². The Morgan fingerprint density at radius 3 is 2.65 bits per heavy atom. The van der Waals surface area contributed by atoms with E-state index in [4.69, 9.17) is 5.11 Å². The highest BCUT2D eigenvalue weighted by Gasteiger charge is 2.34. The summed E-state index contributed by atoms with van der Waals surface area (Å²) in [4.78, 5) is 29.0. The zero-order valence-electron chi connectivity index (χ0n) is 11.8. The zero-order chi connectivity index (χ0) is 14.9. The normalized spacial score (nSPS) is 19.9. The second-order valence-electron chi connectivity index (χ2n) is 5.81. The molecule has 0 bridgehead atoms. The molecule has 1 atom stereocenters. The monoisotopic (exact) mass is 281 g/mol. The number of carboxylic acid groups (broad SMARTS) is 1. The van der Waals surface area contributed by atoms with Gasteiger partial charge in [0.25, 0.3) is 5.91 Å². The predicted molar refractivity (Wildman–Crippen MR) is 70.4 cm³/mol. The first-order valence-electron chi connectivity index (χ1n) is 6.48. The predicted octanol–water partition coefficient (Wildman–Crippen LogP) is -0.399. The number of rotatable bonds is 2. The summed E-state index contributed by atoms with van der Waals surface area (Å²) in [6.07, 6.45) is 0. The highest BCUT2D eigenvalue weighted by atomic mass is 16.4. The van der Waals surface area contributed by atoms with Gasteiger partial charge in [0.1, 0.15) is 11.9 Å². The first-order chi connectivity index (χ1) is 9.30. The number of piperazine rings is 1. The van der Waals surface area contributed by atoms with Crippen LogP contribution in [0, 0.1) is 0 Å². The fraction of sp³-hybridized carbons (Fsp3) is 0.667. The van der Waals surface area contributed by atoms with Gasteiger partial charge >= 0.3 is 5.97 Å². The molecule has 2 heterocycles. The van der Waals surface area contributed by atoms with Crippen molar-refractivity contribution in [2.24, 2.45) is 0 Å². The number of nitrogens with zero attached hydrogens (tertiary/aromatic N) is 3. The highest BCUT2D eigenvalue weighted by Crippen LogP contribution is 2.18. The molecule has 3 N–H and O–H groups in total. The first kappa shape index (κ1) is 14.4. The average molecular weight is 281 g/mol. The van der Waals surface area contributed by atoms with E-state index in [0.29, 0.717) is 18.9 Å². The number of nitrogens with one attached hydrogen (secondary N) is 2. The molecule has 8 heteroatoms. The average Bonchev–Trinajstić information content (AvgIpc) is 2.87. The first-order valence-corrected chi connectivity index (χ1v) is 6.48. The maximum Gasteiger partial charge on any atom is 0.327 e. The van der Waals surface area contributed by atoms with Crippen molar-refractivity contribution in [3.05, 3.63) is 11.6 Å². The summed E-state index contributed by atoms with van der Waals surface area (Å²) in [5.74, 6) is -0.867. The van der Waals surface area contributed by atoms with Gasteiger partial charge in [0.2, 0.25) is 5.82 Å². The van der Waals surface area contributed by atoms with E-state index in [1.165, 1.54) is 4.90 Å². The molecule has 8 nitrogen and oxygen atoms in total. The van der Waals surface area contributed by atoms with E-state index >= 15 is 0 Å². The number of aliphatic carboxylic acids is 1. The van der Waals surface area contributed by atoms with Crippen LogP contribution in [0.4, 0.5) is 0 Å². The van der Waals surface area contributed by atoms with Gasteiger partial charge in [-0.15, -0.1) is 5.10 Å². The Hall–Kier alpha value is -1.96. The number of H-pyrrole nitrogens is 1. The van der Waals surface area contributed by atoms with Gasteiger partial charge in [-0.3, -0.25) is 9.89 Å². The number of aromatic amines is 1. The van der Waals surface area contributed by atoms with Crippen molar-refractivity contribution >= 4 is 11.9 Å². The molecule has 110 valence electrons. The maximum atomic E-state index is 12.3. The maximum absolute atomic E-state index is 12.3. The van der Waals surface area contributed by atoms with E-state index < -0.39 is 17.9 Å². The summed E-state index contributed by atoms with van der Waals surface area (Å²) in [6.45, 7) is 6.98. The smallest absolute Gasteiger partial charge is 0.327 e. The Kier molecular flexibility index (Phi) is 3.76. The van der Waals surface area contributed by atoms with Gasteiger partial charge in [-0.25, -0.2) is 9.78 Å². The Morgan fingerprint density at radius 1 is 1.40 bits per heavy atom. The van der Waals surface area contributed by atoms with Gasteiger partial charge in [-0.2, -0.15) is 0 Å². The molecule has 0 aromatic carbocycles. The minimum absolute atomic E-state index is 0.0167. The number of carbonyl (C=O) groups is 2. The molecule has 0 spiro atoms. The van der Waals surface area contributed by atoms with Gasteiger partial charge in [0, 0.05) is 25.0 Å². The van der Waals surface area contributed by atoms with Crippen LogP contribution in [0.5, 0.6) is 0 Å². The molecule has 1 aliphatic rings. The van der Waals surface area contributed by atoms with Gasteiger partial charge in [-0.05, 0) is 0 Å². The summed E-state index contributed by atoms with van der Waals surface area (Å²) < 4.78 is 0. The number of amides is 1. The third-order valence-electron chi connectivity index (χ3n) is 3.18. The summed E-state index contributed by atoms with van der Waals surface area (Å²) in [6, 6.07) is -0.882. The van der Waals surface area contributed by atoms with E-state index in [9.17, 15) is 9.59 Å². The van der Waals surface area contributed by atoms with E-state index in [1.807, 2.05) is 20.8 Å². The third-order valence-corrected chi connectivity index (χ3v) is 3.18. The molecule has 1 aromatic rings. The molecule has 0 radical (unpaired) electrons. The molecule has 2 rings (SSSR count). The van der Waals surface area contributed by atoms with Crippen LogP contribution < -0.4 is 5.32 Å². The quantitative estimate of drug-likeness (QED) is 0.680. The van der Waals surface area contributed by atoms with E-state index in [0.717, 1.165) is 0 Å². The van der Waals surface area contributed by atoms with E-state index in [1.54, 1.807) is 0 Å².